The number of amides is 2. The molecule has 0 aliphatic carbocycles. The number of piperidine rings is 1. The van der Waals surface area contributed by atoms with E-state index in [1.165, 1.54) is 0 Å². The Bertz CT molecular complexity index is 830. The van der Waals surface area contributed by atoms with Gasteiger partial charge in [-0.3, -0.25) is 9.59 Å². The van der Waals surface area contributed by atoms with E-state index < -0.39 is 5.79 Å². The summed E-state index contributed by atoms with van der Waals surface area (Å²) in [6, 6.07) is 13.9. The molecule has 0 aromatic heterocycles. The van der Waals surface area contributed by atoms with Gasteiger partial charge in [-0.1, -0.05) is 42.5 Å². The lowest BCUT2D eigenvalue weighted by molar-refractivity contribution is -0.187. The SMILES string of the molecule is O=C(Cc1cccc2ccccc12)NCC(=O)N1CCC2(CC1)OCCO2. The van der Waals surface area contributed by atoms with Crippen molar-refractivity contribution in [3.8, 4) is 0 Å². The van der Waals surface area contributed by atoms with Crippen molar-refractivity contribution in [2.45, 2.75) is 25.0 Å². The van der Waals surface area contributed by atoms with Gasteiger partial charge in [0, 0.05) is 25.9 Å². The molecule has 0 atom stereocenters. The van der Waals surface area contributed by atoms with Crippen LogP contribution in [-0.4, -0.2) is 55.3 Å². The normalized spacial score (nSPS) is 18.7. The van der Waals surface area contributed by atoms with Gasteiger partial charge in [-0.2, -0.15) is 0 Å². The van der Waals surface area contributed by atoms with Gasteiger partial charge in [-0.05, 0) is 16.3 Å². The predicted molar refractivity (Wildman–Crippen MR) is 101 cm³/mol. The molecule has 0 bridgehead atoms. The summed E-state index contributed by atoms with van der Waals surface area (Å²) in [5.74, 6) is -0.696. The Morgan fingerprint density at radius 3 is 2.48 bits per heavy atom. The van der Waals surface area contributed by atoms with Crippen molar-refractivity contribution in [3.63, 3.8) is 0 Å². The van der Waals surface area contributed by atoms with Crippen molar-refractivity contribution in [2.24, 2.45) is 0 Å². The lowest BCUT2D eigenvalue weighted by Gasteiger charge is -2.37. The molecule has 2 aliphatic heterocycles. The highest BCUT2D eigenvalue weighted by molar-refractivity contribution is 5.91. The average Bonchev–Trinajstić information content (AvgIpc) is 3.15. The van der Waals surface area contributed by atoms with Crippen LogP contribution in [-0.2, 0) is 25.5 Å². The summed E-state index contributed by atoms with van der Waals surface area (Å²) < 4.78 is 11.4. The number of nitrogens with one attached hydrogen (secondary N) is 1. The standard InChI is InChI=1S/C21H24N2O4/c24-19(14-17-6-3-5-16-4-1-2-7-18(16)17)22-15-20(25)23-10-8-21(9-11-23)26-12-13-27-21/h1-7H,8-15H2,(H,22,24). The summed E-state index contributed by atoms with van der Waals surface area (Å²) >= 11 is 0. The van der Waals surface area contributed by atoms with Crippen LogP contribution in [0.1, 0.15) is 18.4 Å². The molecular formula is C21H24N2O4. The predicted octanol–water partition coefficient (Wildman–Crippen LogP) is 1.86. The molecule has 2 heterocycles. The maximum absolute atomic E-state index is 12.4. The third-order valence-electron chi connectivity index (χ3n) is 5.36. The zero-order valence-electron chi connectivity index (χ0n) is 15.3. The van der Waals surface area contributed by atoms with Crippen LogP contribution in [0.5, 0.6) is 0 Å². The Hall–Kier alpha value is -2.44. The fourth-order valence-electron chi connectivity index (χ4n) is 3.85. The number of carbonyl (C=O) groups excluding carboxylic acids is 2. The Morgan fingerprint density at radius 2 is 1.70 bits per heavy atom. The molecule has 142 valence electrons. The molecule has 0 unspecified atom stereocenters. The fraction of sp³-hybridized carbons (Fsp3) is 0.429. The quantitative estimate of drug-likeness (QED) is 0.895. The van der Waals surface area contributed by atoms with E-state index in [4.69, 9.17) is 9.47 Å². The van der Waals surface area contributed by atoms with Crippen LogP contribution in [0.4, 0.5) is 0 Å². The topological polar surface area (TPSA) is 67.9 Å². The second kappa shape index (κ2) is 7.66. The zero-order valence-corrected chi connectivity index (χ0v) is 15.3. The third-order valence-corrected chi connectivity index (χ3v) is 5.36. The molecule has 2 aromatic rings. The minimum absolute atomic E-state index is 0.0261. The zero-order chi connectivity index (χ0) is 18.7. The van der Waals surface area contributed by atoms with Gasteiger partial charge in [0.1, 0.15) is 0 Å². The molecule has 0 radical (unpaired) electrons. The molecule has 4 rings (SSSR count). The molecule has 2 aromatic carbocycles. The van der Waals surface area contributed by atoms with Gasteiger partial charge in [0.2, 0.25) is 11.8 Å². The highest BCUT2D eigenvalue weighted by Crippen LogP contribution is 2.31. The van der Waals surface area contributed by atoms with Crippen LogP contribution in [0.25, 0.3) is 10.8 Å². The van der Waals surface area contributed by atoms with E-state index >= 15 is 0 Å². The van der Waals surface area contributed by atoms with Gasteiger partial charge >= 0.3 is 0 Å². The lowest BCUT2D eigenvalue weighted by atomic mass is 10.0. The van der Waals surface area contributed by atoms with Gasteiger partial charge in [0.25, 0.3) is 0 Å². The second-order valence-corrected chi connectivity index (χ2v) is 7.08. The molecule has 6 heteroatoms. The molecule has 2 aliphatic rings. The van der Waals surface area contributed by atoms with E-state index in [2.05, 4.69) is 5.32 Å². The van der Waals surface area contributed by atoms with Gasteiger partial charge in [-0.15, -0.1) is 0 Å². The largest absolute Gasteiger partial charge is 0.347 e. The number of fused-ring (bicyclic) bond motifs is 1. The molecule has 0 saturated carbocycles. The van der Waals surface area contributed by atoms with Crippen LogP contribution in [0.15, 0.2) is 42.5 Å². The van der Waals surface area contributed by atoms with Gasteiger partial charge in [0.05, 0.1) is 26.2 Å². The van der Waals surface area contributed by atoms with Gasteiger partial charge in [0.15, 0.2) is 5.79 Å². The highest BCUT2D eigenvalue weighted by Gasteiger charge is 2.40. The maximum Gasteiger partial charge on any atom is 0.241 e. The summed E-state index contributed by atoms with van der Waals surface area (Å²) in [5.41, 5.74) is 0.966. The molecule has 1 N–H and O–H groups in total. The van der Waals surface area contributed by atoms with E-state index in [0.717, 1.165) is 16.3 Å². The van der Waals surface area contributed by atoms with Crippen molar-refractivity contribution >= 4 is 22.6 Å². The Morgan fingerprint density at radius 1 is 1.00 bits per heavy atom. The summed E-state index contributed by atoms with van der Waals surface area (Å²) in [6.45, 7) is 2.46. The number of rotatable bonds is 4. The minimum Gasteiger partial charge on any atom is -0.347 e. The molecular weight excluding hydrogens is 344 g/mol. The fourth-order valence-corrected chi connectivity index (χ4v) is 3.85. The Kier molecular flexibility index (Phi) is 5.09. The Labute approximate surface area is 158 Å². The van der Waals surface area contributed by atoms with Gasteiger partial charge in [-0.25, -0.2) is 0 Å². The van der Waals surface area contributed by atoms with Crippen molar-refractivity contribution in [1.29, 1.82) is 0 Å². The summed E-state index contributed by atoms with van der Waals surface area (Å²) in [5, 5.41) is 4.94. The molecule has 2 saturated heterocycles. The van der Waals surface area contributed by atoms with E-state index in [1.807, 2.05) is 42.5 Å². The van der Waals surface area contributed by atoms with Crippen LogP contribution in [0, 0.1) is 0 Å². The highest BCUT2D eigenvalue weighted by atomic mass is 16.7. The van der Waals surface area contributed by atoms with Crippen LogP contribution >= 0.6 is 0 Å². The lowest BCUT2D eigenvalue weighted by Crippen LogP contribution is -2.49. The number of hydrogen-bond donors (Lipinski definition) is 1. The first-order chi connectivity index (χ1) is 13.2. The van der Waals surface area contributed by atoms with Crippen molar-refractivity contribution in [3.05, 3.63) is 48.0 Å². The number of ether oxygens (including phenoxy) is 2. The minimum atomic E-state index is -0.492. The van der Waals surface area contributed by atoms with Crippen molar-refractivity contribution in [1.82, 2.24) is 10.2 Å². The number of hydrogen-bond acceptors (Lipinski definition) is 4. The van der Waals surface area contributed by atoms with Crippen LogP contribution < -0.4 is 5.32 Å². The smallest absolute Gasteiger partial charge is 0.241 e. The molecule has 6 nitrogen and oxygen atoms in total. The van der Waals surface area contributed by atoms with Crippen LogP contribution in [0.2, 0.25) is 0 Å². The number of likely N-dealkylation sites (tertiary alicyclic amines) is 1. The molecule has 1 spiro atoms. The molecule has 2 fully saturated rings. The van der Waals surface area contributed by atoms with E-state index in [-0.39, 0.29) is 24.8 Å². The van der Waals surface area contributed by atoms with Crippen LogP contribution in [0.3, 0.4) is 0 Å². The second-order valence-electron chi connectivity index (χ2n) is 7.08. The Balaban J connectivity index is 1.28. The molecule has 2 amide bonds. The van der Waals surface area contributed by atoms with Crippen molar-refractivity contribution < 1.29 is 19.1 Å². The van der Waals surface area contributed by atoms with Gasteiger partial charge < -0.3 is 19.7 Å². The summed E-state index contributed by atoms with van der Waals surface area (Å²) in [7, 11) is 0. The number of nitrogens with zero attached hydrogens (tertiary/aromatic N) is 1. The van der Waals surface area contributed by atoms with Crippen molar-refractivity contribution in [2.75, 3.05) is 32.8 Å². The third kappa shape index (κ3) is 3.96. The first-order valence-corrected chi connectivity index (χ1v) is 9.44. The average molecular weight is 368 g/mol. The first kappa shape index (κ1) is 17.9. The van der Waals surface area contributed by atoms with E-state index in [1.54, 1.807) is 4.90 Å². The van der Waals surface area contributed by atoms with E-state index in [9.17, 15) is 9.59 Å². The monoisotopic (exact) mass is 368 g/mol. The maximum atomic E-state index is 12.4. The molecule has 27 heavy (non-hydrogen) atoms. The number of benzene rings is 2. The first-order valence-electron chi connectivity index (χ1n) is 9.44. The number of carbonyl (C=O) groups is 2. The summed E-state index contributed by atoms with van der Waals surface area (Å²) in [4.78, 5) is 26.5. The summed E-state index contributed by atoms with van der Waals surface area (Å²) in [6.07, 6.45) is 1.63. The van der Waals surface area contributed by atoms with E-state index in [0.29, 0.717) is 39.1 Å².